The van der Waals surface area contributed by atoms with Gasteiger partial charge in [0.1, 0.15) is 11.8 Å². The first-order valence-electron chi connectivity index (χ1n) is 11.1. The van der Waals surface area contributed by atoms with Crippen LogP contribution in [-0.2, 0) is 29.0 Å². The maximum Gasteiger partial charge on any atom is 0.243 e. The molecule has 0 aliphatic rings. The molecular formula is C28H29ClN2O3. The van der Waals surface area contributed by atoms with Crippen molar-refractivity contribution in [3.8, 4) is 5.75 Å². The second-order valence-electron chi connectivity index (χ2n) is 7.91. The van der Waals surface area contributed by atoms with Gasteiger partial charge in [-0.15, -0.1) is 6.58 Å². The van der Waals surface area contributed by atoms with E-state index in [1.165, 1.54) is 0 Å². The second kappa shape index (κ2) is 12.6. The molecule has 1 N–H and O–H groups in total. The lowest BCUT2D eigenvalue weighted by atomic mass is 10.0. The fraction of sp³-hybridized carbons (Fsp3) is 0.214. The van der Waals surface area contributed by atoms with Crippen LogP contribution in [0, 0.1) is 0 Å². The van der Waals surface area contributed by atoms with Crippen molar-refractivity contribution in [1.82, 2.24) is 10.2 Å². The Labute approximate surface area is 206 Å². The summed E-state index contributed by atoms with van der Waals surface area (Å²) in [7, 11) is 1.61. The van der Waals surface area contributed by atoms with E-state index >= 15 is 0 Å². The van der Waals surface area contributed by atoms with E-state index in [1.807, 2.05) is 66.7 Å². The number of hydrogen-bond acceptors (Lipinski definition) is 3. The van der Waals surface area contributed by atoms with Crippen molar-refractivity contribution in [3.05, 3.63) is 113 Å². The van der Waals surface area contributed by atoms with Crippen LogP contribution in [0.1, 0.15) is 16.7 Å². The summed E-state index contributed by atoms with van der Waals surface area (Å²) in [5, 5.41) is 3.48. The number of methoxy groups -OCH3 is 1. The highest BCUT2D eigenvalue weighted by atomic mass is 35.5. The smallest absolute Gasteiger partial charge is 0.243 e. The average Bonchev–Trinajstić information content (AvgIpc) is 2.87. The summed E-state index contributed by atoms with van der Waals surface area (Å²) in [5.74, 6) is 0.363. The number of ether oxygens (including phenoxy) is 1. The van der Waals surface area contributed by atoms with Crippen molar-refractivity contribution in [3.63, 3.8) is 0 Å². The summed E-state index contributed by atoms with van der Waals surface area (Å²) in [6, 6.07) is 23.7. The SMILES string of the molecule is C=CCNC(=O)[C@H](Cc1ccccc1)N(Cc1ccc(OC)cc1)C(=O)Cc1ccc(Cl)cc1. The Morgan fingerprint density at radius 1 is 0.971 bits per heavy atom. The average molecular weight is 477 g/mol. The molecule has 0 aliphatic heterocycles. The molecule has 0 spiro atoms. The minimum atomic E-state index is -0.691. The van der Waals surface area contributed by atoms with E-state index in [1.54, 1.807) is 30.2 Å². The molecule has 0 saturated carbocycles. The highest BCUT2D eigenvalue weighted by Gasteiger charge is 2.30. The highest BCUT2D eigenvalue weighted by molar-refractivity contribution is 6.30. The van der Waals surface area contributed by atoms with E-state index < -0.39 is 6.04 Å². The molecule has 0 aromatic heterocycles. The van der Waals surface area contributed by atoms with E-state index in [2.05, 4.69) is 11.9 Å². The van der Waals surface area contributed by atoms with Crippen LogP contribution in [0.15, 0.2) is 91.5 Å². The van der Waals surface area contributed by atoms with Gasteiger partial charge < -0.3 is 15.0 Å². The molecule has 0 fully saturated rings. The summed E-state index contributed by atoms with van der Waals surface area (Å²) in [4.78, 5) is 28.5. The molecule has 0 unspecified atom stereocenters. The summed E-state index contributed by atoms with van der Waals surface area (Å²) < 4.78 is 5.25. The van der Waals surface area contributed by atoms with Crippen molar-refractivity contribution in [2.24, 2.45) is 0 Å². The third kappa shape index (κ3) is 7.22. The van der Waals surface area contributed by atoms with Crippen LogP contribution >= 0.6 is 11.6 Å². The molecule has 0 bridgehead atoms. The Hall–Kier alpha value is -3.57. The van der Waals surface area contributed by atoms with Gasteiger partial charge in [-0.3, -0.25) is 9.59 Å². The fourth-order valence-electron chi connectivity index (χ4n) is 3.65. The lowest BCUT2D eigenvalue weighted by Gasteiger charge is -2.31. The molecule has 3 rings (SSSR count). The number of nitrogens with zero attached hydrogens (tertiary/aromatic N) is 1. The molecule has 34 heavy (non-hydrogen) atoms. The Kier molecular flexibility index (Phi) is 9.30. The first kappa shape index (κ1) is 25.1. The van der Waals surface area contributed by atoms with Crippen LogP contribution < -0.4 is 10.1 Å². The lowest BCUT2D eigenvalue weighted by Crippen LogP contribution is -2.51. The van der Waals surface area contributed by atoms with Crippen LogP contribution in [0.2, 0.25) is 5.02 Å². The molecule has 1 atom stereocenters. The van der Waals surface area contributed by atoms with E-state index in [9.17, 15) is 9.59 Å². The van der Waals surface area contributed by atoms with Gasteiger partial charge in [0.15, 0.2) is 0 Å². The molecule has 3 aromatic carbocycles. The van der Waals surface area contributed by atoms with Crippen LogP contribution in [0.3, 0.4) is 0 Å². The summed E-state index contributed by atoms with van der Waals surface area (Å²) in [5.41, 5.74) is 2.71. The molecule has 2 amide bonds. The number of rotatable bonds is 11. The number of halogens is 1. The van der Waals surface area contributed by atoms with Gasteiger partial charge in [-0.1, -0.05) is 72.3 Å². The summed E-state index contributed by atoms with van der Waals surface area (Å²) in [6.45, 7) is 4.30. The topological polar surface area (TPSA) is 58.6 Å². The molecule has 176 valence electrons. The first-order chi connectivity index (χ1) is 16.5. The normalized spacial score (nSPS) is 11.4. The number of nitrogens with one attached hydrogen (secondary N) is 1. The second-order valence-corrected chi connectivity index (χ2v) is 8.35. The number of benzene rings is 3. The van der Waals surface area contributed by atoms with Gasteiger partial charge in [-0.05, 0) is 41.0 Å². The minimum absolute atomic E-state index is 0.146. The van der Waals surface area contributed by atoms with Crippen LogP contribution in [0.5, 0.6) is 5.75 Å². The number of carbonyl (C=O) groups is 2. The Morgan fingerprint density at radius 3 is 2.24 bits per heavy atom. The summed E-state index contributed by atoms with van der Waals surface area (Å²) >= 11 is 6.01. The summed E-state index contributed by atoms with van der Waals surface area (Å²) in [6.07, 6.45) is 2.18. The van der Waals surface area contributed by atoms with Crippen molar-refractivity contribution < 1.29 is 14.3 Å². The zero-order valence-electron chi connectivity index (χ0n) is 19.2. The van der Waals surface area contributed by atoms with E-state index in [4.69, 9.17) is 16.3 Å². The Balaban J connectivity index is 1.94. The molecule has 0 saturated heterocycles. The number of hydrogen-bond donors (Lipinski definition) is 1. The fourth-order valence-corrected chi connectivity index (χ4v) is 3.78. The quantitative estimate of drug-likeness (QED) is 0.403. The predicted molar refractivity (Wildman–Crippen MR) is 136 cm³/mol. The van der Waals surface area contributed by atoms with Crippen LogP contribution in [0.4, 0.5) is 0 Å². The van der Waals surface area contributed by atoms with Gasteiger partial charge >= 0.3 is 0 Å². The first-order valence-corrected chi connectivity index (χ1v) is 11.5. The van der Waals surface area contributed by atoms with Gasteiger partial charge in [0.05, 0.1) is 13.5 Å². The molecule has 0 radical (unpaired) electrons. The molecule has 6 heteroatoms. The van der Waals surface area contributed by atoms with Gasteiger partial charge in [0.2, 0.25) is 11.8 Å². The highest BCUT2D eigenvalue weighted by Crippen LogP contribution is 2.19. The maximum atomic E-state index is 13.6. The van der Waals surface area contributed by atoms with Gasteiger partial charge in [-0.25, -0.2) is 0 Å². The zero-order valence-corrected chi connectivity index (χ0v) is 20.0. The Bertz CT molecular complexity index is 1080. The molecule has 0 aliphatic carbocycles. The Morgan fingerprint density at radius 2 is 1.62 bits per heavy atom. The van der Waals surface area contributed by atoms with Gasteiger partial charge in [0.25, 0.3) is 0 Å². The molecule has 3 aromatic rings. The van der Waals surface area contributed by atoms with Crippen molar-refractivity contribution in [1.29, 1.82) is 0 Å². The van der Waals surface area contributed by atoms with Crippen molar-refractivity contribution >= 4 is 23.4 Å². The number of amides is 2. The third-order valence-electron chi connectivity index (χ3n) is 5.47. The predicted octanol–water partition coefficient (Wildman–Crippen LogP) is 4.83. The maximum absolute atomic E-state index is 13.6. The van der Waals surface area contributed by atoms with E-state index in [-0.39, 0.29) is 24.8 Å². The lowest BCUT2D eigenvalue weighted by molar-refractivity contribution is -0.140. The monoisotopic (exact) mass is 476 g/mol. The molecule has 5 nitrogen and oxygen atoms in total. The standard InChI is InChI=1S/C28H29ClN2O3/c1-3-17-30-28(33)26(18-21-7-5-4-6-8-21)31(20-23-11-15-25(34-2)16-12-23)27(32)19-22-9-13-24(29)14-10-22/h3-16,26H,1,17-20H2,2H3,(H,30,33)/t26-/m0/s1. The zero-order chi connectivity index (χ0) is 24.3. The third-order valence-corrected chi connectivity index (χ3v) is 5.72. The van der Waals surface area contributed by atoms with Gasteiger partial charge in [0, 0.05) is 24.5 Å². The van der Waals surface area contributed by atoms with Crippen molar-refractivity contribution in [2.45, 2.75) is 25.4 Å². The van der Waals surface area contributed by atoms with E-state index in [0.29, 0.717) is 18.0 Å². The van der Waals surface area contributed by atoms with Crippen LogP contribution in [0.25, 0.3) is 0 Å². The largest absolute Gasteiger partial charge is 0.497 e. The van der Waals surface area contributed by atoms with Gasteiger partial charge in [-0.2, -0.15) is 0 Å². The minimum Gasteiger partial charge on any atom is -0.497 e. The number of carbonyl (C=O) groups excluding carboxylic acids is 2. The molecular weight excluding hydrogens is 448 g/mol. The van der Waals surface area contributed by atoms with Crippen molar-refractivity contribution in [2.75, 3.05) is 13.7 Å². The molecule has 0 heterocycles. The van der Waals surface area contributed by atoms with Crippen LogP contribution in [-0.4, -0.2) is 36.4 Å². The van der Waals surface area contributed by atoms with E-state index in [0.717, 1.165) is 22.4 Å².